The highest BCUT2D eigenvalue weighted by molar-refractivity contribution is 7.82. The lowest BCUT2D eigenvalue weighted by atomic mass is 10.2. The lowest BCUT2D eigenvalue weighted by Gasteiger charge is -2.27. The maximum atomic E-state index is 5.30. The van der Waals surface area contributed by atoms with Gasteiger partial charge in [0.1, 0.15) is 10.5 Å². The van der Waals surface area contributed by atoms with E-state index in [1.807, 2.05) is 0 Å². The van der Waals surface area contributed by atoms with Crippen molar-refractivity contribution in [2.24, 2.45) is 0 Å². The standard InChI is InChI=1S/C4H12OS3Si/c6-1-4(2-7,3-8)5-9/h6-8H,1-3H2,9H3. The Morgan fingerprint density at radius 3 is 1.44 bits per heavy atom. The summed E-state index contributed by atoms with van der Waals surface area (Å²) in [6, 6.07) is 0. The van der Waals surface area contributed by atoms with Crippen LogP contribution in [0.5, 0.6) is 0 Å². The lowest BCUT2D eigenvalue weighted by Crippen LogP contribution is -2.38. The summed E-state index contributed by atoms with van der Waals surface area (Å²) in [6.45, 7) is 0. The van der Waals surface area contributed by atoms with Crippen LogP contribution in [0.3, 0.4) is 0 Å². The minimum Gasteiger partial charge on any atom is -0.420 e. The molecule has 0 radical (unpaired) electrons. The molecular formula is C4H12OS3Si. The maximum absolute atomic E-state index is 5.30. The van der Waals surface area contributed by atoms with Crippen LogP contribution in [0.2, 0.25) is 0 Å². The van der Waals surface area contributed by atoms with Crippen LogP contribution < -0.4 is 0 Å². The highest BCUT2D eigenvalue weighted by Crippen LogP contribution is 2.14. The van der Waals surface area contributed by atoms with E-state index in [4.69, 9.17) is 4.43 Å². The number of hydrogen-bond acceptors (Lipinski definition) is 4. The minimum atomic E-state index is -0.179. The molecule has 0 bridgehead atoms. The first-order valence-electron chi connectivity index (χ1n) is 2.62. The molecule has 5 heteroatoms. The molecule has 0 saturated heterocycles. The Morgan fingerprint density at radius 1 is 1.11 bits per heavy atom. The van der Waals surface area contributed by atoms with Gasteiger partial charge in [-0.05, 0) is 0 Å². The van der Waals surface area contributed by atoms with Crippen molar-refractivity contribution in [3.05, 3.63) is 0 Å². The molecule has 0 N–H and O–H groups in total. The highest BCUT2D eigenvalue weighted by Gasteiger charge is 2.23. The van der Waals surface area contributed by atoms with Crippen molar-refractivity contribution in [2.75, 3.05) is 17.3 Å². The summed E-state index contributed by atoms with van der Waals surface area (Å²) in [5, 5.41) is 0. The Bertz CT molecular complexity index is 58.7. The van der Waals surface area contributed by atoms with Crippen LogP contribution in [-0.4, -0.2) is 33.3 Å². The molecule has 0 rings (SSSR count). The van der Waals surface area contributed by atoms with Crippen LogP contribution in [0.15, 0.2) is 0 Å². The van der Waals surface area contributed by atoms with E-state index in [0.717, 1.165) is 10.5 Å². The third-order valence-electron chi connectivity index (χ3n) is 1.30. The molecular weight excluding hydrogens is 188 g/mol. The Kier molecular flexibility index (Phi) is 5.63. The Hall–Kier alpha value is 1.23. The summed E-state index contributed by atoms with van der Waals surface area (Å²) in [5.41, 5.74) is -0.179. The molecule has 0 aliphatic carbocycles. The fraction of sp³-hybridized carbons (Fsp3) is 1.00. The molecule has 0 fully saturated rings. The largest absolute Gasteiger partial charge is 0.420 e. The van der Waals surface area contributed by atoms with Crippen LogP contribution in [-0.2, 0) is 4.43 Å². The summed E-state index contributed by atoms with van der Waals surface area (Å²) >= 11 is 12.4. The topological polar surface area (TPSA) is 9.23 Å². The van der Waals surface area contributed by atoms with Gasteiger partial charge in [-0.1, -0.05) is 0 Å². The Labute approximate surface area is 75.7 Å². The predicted molar refractivity (Wildman–Crippen MR) is 55.3 cm³/mol. The molecule has 0 aromatic carbocycles. The molecule has 1 nitrogen and oxygen atoms in total. The second-order valence-corrected chi connectivity index (χ2v) is 3.22. The van der Waals surface area contributed by atoms with E-state index >= 15 is 0 Å². The third kappa shape index (κ3) is 2.75. The first-order valence-corrected chi connectivity index (χ1v) is 5.34. The quantitative estimate of drug-likeness (QED) is 0.421. The van der Waals surface area contributed by atoms with Gasteiger partial charge < -0.3 is 4.43 Å². The van der Waals surface area contributed by atoms with E-state index < -0.39 is 0 Å². The minimum absolute atomic E-state index is 0.179. The average molecular weight is 200 g/mol. The molecule has 9 heavy (non-hydrogen) atoms. The molecule has 0 aromatic heterocycles. The summed E-state index contributed by atoms with van der Waals surface area (Å²) in [4.78, 5) is 0. The van der Waals surface area contributed by atoms with Crippen LogP contribution in [0.25, 0.3) is 0 Å². The smallest absolute Gasteiger partial charge is 0.146 e. The molecule has 0 unspecified atom stereocenters. The van der Waals surface area contributed by atoms with Gasteiger partial charge in [0.05, 0.1) is 5.60 Å². The van der Waals surface area contributed by atoms with Crippen LogP contribution in [0, 0.1) is 0 Å². The van der Waals surface area contributed by atoms with Crippen molar-refractivity contribution in [1.29, 1.82) is 0 Å². The second kappa shape index (κ2) is 4.95. The van der Waals surface area contributed by atoms with E-state index in [1.54, 1.807) is 0 Å². The first-order chi connectivity index (χ1) is 4.24. The van der Waals surface area contributed by atoms with Crippen molar-refractivity contribution in [3.8, 4) is 0 Å². The third-order valence-corrected chi connectivity index (χ3v) is 3.89. The van der Waals surface area contributed by atoms with E-state index in [1.165, 1.54) is 0 Å². The van der Waals surface area contributed by atoms with Gasteiger partial charge in [-0.25, -0.2) is 0 Å². The number of hydrogen-bond donors (Lipinski definition) is 3. The van der Waals surface area contributed by atoms with E-state index in [-0.39, 0.29) is 5.60 Å². The number of thiol groups is 3. The number of rotatable bonds is 4. The molecule has 0 atom stereocenters. The average Bonchev–Trinajstić information content (AvgIpc) is 1.95. The molecule has 0 aliphatic rings. The molecule has 0 aromatic rings. The van der Waals surface area contributed by atoms with E-state index in [9.17, 15) is 0 Å². The molecule has 0 heterocycles. The highest BCUT2D eigenvalue weighted by atomic mass is 32.1. The van der Waals surface area contributed by atoms with E-state index in [2.05, 4.69) is 37.9 Å². The fourth-order valence-electron chi connectivity index (χ4n) is 0.344. The molecule has 0 amide bonds. The Balaban J connectivity index is 3.82. The SMILES string of the molecule is [SiH3]OC(CS)(CS)CS. The van der Waals surface area contributed by atoms with Gasteiger partial charge in [-0.2, -0.15) is 37.9 Å². The van der Waals surface area contributed by atoms with Gasteiger partial charge in [0.25, 0.3) is 0 Å². The summed E-state index contributed by atoms with van der Waals surface area (Å²) < 4.78 is 5.30. The summed E-state index contributed by atoms with van der Waals surface area (Å²) in [6.07, 6.45) is 0. The molecule has 0 spiro atoms. The normalized spacial score (nSPS) is 12.3. The van der Waals surface area contributed by atoms with Gasteiger partial charge in [-0.15, -0.1) is 0 Å². The van der Waals surface area contributed by atoms with Crippen LogP contribution >= 0.6 is 37.9 Å². The maximum Gasteiger partial charge on any atom is 0.146 e. The zero-order valence-corrected chi connectivity index (χ0v) is 10.1. The van der Waals surface area contributed by atoms with Gasteiger partial charge >= 0.3 is 0 Å². The van der Waals surface area contributed by atoms with Gasteiger partial charge in [-0.3, -0.25) is 0 Å². The van der Waals surface area contributed by atoms with Crippen LogP contribution in [0.4, 0.5) is 0 Å². The van der Waals surface area contributed by atoms with Crippen LogP contribution in [0.1, 0.15) is 0 Å². The van der Waals surface area contributed by atoms with Crippen molar-refractivity contribution in [2.45, 2.75) is 5.60 Å². The van der Waals surface area contributed by atoms with Gasteiger partial charge in [0.15, 0.2) is 0 Å². The second-order valence-electron chi connectivity index (χ2n) is 1.86. The molecule has 0 saturated carbocycles. The van der Waals surface area contributed by atoms with Crippen molar-refractivity contribution < 1.29 is 4.43 Å². The summed E-state index contributed by atoms with van der Waals surface area (Å²) in [7, 11) is 0.728. The fourth-order valence-corrected chi connectivity index (χ4v) is 3.09. The predicted octanol–water partition coefficient (Wildman–Crippen LogP) is -0.188. The van der Waals surface area contributed by atoms with Crippen molar-refractivity contribution in [3.63, 3.8) is 0 Å². The van der Waals surface area contributed by atoms with Crippen molar-refractivity contribution in [1.82, 2.24) is 0 Å². The zero-order valence-electron chi connectivity index (χ0n) is 5.37. The zero-order chi connectivity index (χ0) is 7.33. The first kappa shape index (κ1) is 10.2. The summed E-state index contributed by atoms with van der Waals surface area (Å²) in [5.74, 6) is 2.09. The van der Waals surface area contributed by atoms with Crippen molar-refractivity contribution >= 4 is 48.4 Å². The van der Waals surface area contributed by atoms with E-state index in [0.29, 0.717) is 17.3 Å². The van der Waals surface area contributed by atoms with Gasteiger partial charge in [0.2, 0.25) is 0 Å². The monoisotopic (exact) mass is 200 g/mol. The molecule has 0 aliphatic heterocycles. The lowest BCUT2D eigenvalue weighted by molar-refractivity contribution is 0.164. The Morgan fingerprint density at radius 2 is 1.44 bits per heavy atom. The van der Waals surface area contributed by atoms with Gasteiger partial charge in [0, 0.05) is 17.3 Å². The molecule has 56 valence electrons.